The molecule has 8 heteroatoms. The fourth-order valence-corrected chi connectivity index (χ4v) is 3.66. The predicted molar refractivity (Wildman–Crippen MR) is 106 cm³/mol. The van der Waals surface area contributed by atoms with Crippen molar-refractivity contribution in [3.05, 3.63) is 36.0 Å². The molecule has 28 heavy (non-hydrogen) atoms. The van der Waals surface area contributed by atoms with E-state index in [1.165, 1.54) is 0 Å². The Balaban J connectivity index is 1.55. The van der Waals surface area contributed by atoms with Crippen LogP contribution in [0.2, 0.25) is 0 Å². The maximum absolute atomic E-state index is 12.1. The summed E-state index contributed by atoms with van der Waals surface area (Å²) in [6.45, 7) is 2.69. The number of nitrogens with zero attached hydrogens (tertiary/aromatic N) is 3. The van der Waals surface area contributed by atoms with Gasteiger partial charge < -0.3 is 25.8 Å². The molecule has 4 N–H and O–H groups in total. The van der Waals surface area contributed by atoms with Gasteiger partial charge in [0.2, 0.25) is 5.91 Å². The molecule has 1 amide bonds. The molecule has 1 atom stereocenters. The van der Waals surface area contributed by atoms with Crippen LogP contribution in [0.15, 0.2) is 30.5 Å². The number of fused-ring (bicyclic) bond motifs is 1. The standard InChI is InChI=1S/C20H25N5O3/c21-18(27)15-3-1-14(2-4-15)16-11-22-19-20(23-16)25(12-17(26)24-19)8-5-13-6-9-28-10-7-13/h1-4,11,13,18,27H,5-10,12,21H2,(H,22,24,26). The van der Waals surface area contributed by atoms with Gasteiger partial charge in [-0.25, -0.2) is 9.97 Å². The van der Waals surface area contributed by atoms with E-state index >= 15 is 0 Å². The highest BCUT2D eigenvalue weighted by molar-refractivity contribution is 5.99. The van der Waals surface area contributed by atoms with Gasteiger partial charge in [-0.2, -0.15) is 0 Å². The van der Waals surface area contributed by atoms with Gasteiger partial charge in [-0.05, 0) is 30.7 Å². The zero-order valence-corrected chi connectivity index (χ0v) is 15.7. The Labute approximate surface area is 163 Å². The Kier molecular flexibility index (Phi) is 5.52. The van der Waals surface area contributed by atoms with Crippen molar-refractivity contribution in [2.24, 2.45) is 11.7 Å². The summed E-state index contributed by atoms with van der Waals surface area (Å²) in [7, 11) is 0. The highest BCUT2D eigenvalue weighted by atomic mass is 16.5. The van der Waals surface area contributed by atoms with Crippen molar-refractivity contribution in [2.45, 2.75) is 25.5 Å². The van der Waals surface area contributed by atoms with Gasteiger partial charge in [0.15, 0.2) is 11.6 Å². The molecule has 0 spiro atoms. The van der Waals surface area contributed by atoms with Gasteiger partial charge in [-0.15, -0.1) is 0 Å². The van der Waals surface area contributed by atoms with E-state index in [0.29, 0.717) is 28.8 Å². The third-order valence-electron chi connectivity index (χ3n) is 5.34. The topological polar surface area (TPSA) is 114 Å². The SMILES string of the molecule is NC(O)c1ccc(-c2cnc3c(n2)N(CCC2CCOCC2)CC(=O)N3)cc1. The highest BCUT2D eigenvalue weighted by Crippen LogP contribution is 2.30. The lowest BCUT2D eigenvalue weighted by molar-refractivity contribution is -0.115. The molecule has 1 unspecified atom stereocenters. The second-order valence-electron chi connectivity index (χ2n) is 7.31. The first-order chi connectivity index (χ1) is 13.6. The smallest absolute Gasteiger partial charge is 0.245 e. The number of aromatic nitrogens is 2. The van der Waals surface area contributed by atoms with Gasteiger partial charge in [-0.1, -0.05) is 24.3 Å². The molecular formula is C20H25N5O3. The second-order valence-corrected chi connectivity index (χ2v) is 7.31. The van der Waals surface area contributed by atoms with Crippen molar-refractivity contribution in [1.82, 2.24) is 9.97 Å². The maximum atomic E-state index is 12.1. The minimum atomic E-state index is -1.00. The lowest BCUT2D eigenvalue weighted by Crippen LogP contribution is -2.40. The zero-order valence-electron chi connectivity index (χ0n) is 15.7. The van der Waals surface area contributed by atoms with Crippen molar-refractivity contribution in [1.29, 1.82) is 0 Å². The number of nitrogens with two attached hydrogens (primary N) is 1. The van der Waals surface area contributed by atoms with E-state index in [9.17, 15) is 9.90 Å². The van der Waals surface area contributed by atoms with Crippen LogP contribution in [0.25, 0.3) is 11.3 Å². The summed E-state index contributed by atoms with van der Waals surface area (Å²) in [5.74, 6) is 1.75. The van der Waals surface area contributed by atoms with E-state index in [0.717, 1.165) is 44.6 Å². The third-order valence-corrected chi connectivity index (χ3v) is 5.34. The molecule has 4 rings (SSSR count). The number of carbonyl (C=O) groups excluding carboxylic acids is 1. The molecule has 0 aliphatic carbocycles. The summed E-state index contributed by atoms with van der Waals surface area (Å²) in [4.78, 5) is 23.3. The number of nitrogens with one attached hydrogen (secondary N) is 1. The van der Waals surface area contributed by atoms with E-state index in [4.69, 9.17) is 15.5 Å². The number of ether oxygens (including phenoxy) is 1. The molecule has 0 bridgehead atoms. The number of rotatable bonds is 5. The van der Waals surface area contributed by atoms with E-state index < -0.39 is 6.23 Å². The highest BCUT2D eigenvalue weighted by Gasteiger charge is 2.26. The number of aliphatic hydroxyl groups is 1. The fraction of sp³-hybridized carbons (Fsp3) is 0.450. The number of benzene rings is 1. The summed E-state index contributed by atoms with van der Waals surface area (Å²) in [5.41, 5.74) is 7.72. The lowest BCUT2D eigenvalue weighted by Gasteiger charge is -2.31. The molecule has 1 fully saturated rings. The van der Waals surface area contributed by atoms with Gasteiger partial charge in [0.1, 0.15) is 6.23 Å². The quantitative estimate of drug-likeness (QED) is 0.673. The van der Waals surface area contributed by atoms with Crippen LogP contribution < -0.4 is 16.0 Å². The number of carbonyl (C=O) groups is 1. The molecule has 0 radical (unpaired) electrons. The third kappa shape index (κ3) is 4.14. The maximum Gasteiger partial charge on any atom is 0.245 e. The summed E-state index contributed by atoms with van der Waals surface area (Å²) >= 11 is 0. The van der Waals surface area contributed by atoms with Crippen LogP contribution in [0.1, 0.15) is 31.1 Å². The first kappa shape index (κ1) is 18.8. The summed E-state index contributed by atoms with van der Waals surface area (Å²) in [5, 5.41) is 12.3. The molecule has 148 valence electrons. The average molecular weight is 383 g/mol. The van der Waals surface area contributed by atoms with Gasteiger partial charge in [0.05, 0.1) is 18.4 Å². The molecule has 2 aromatic rings. The Morgan fingerprint density at radius 2 is 2.04 bits per heavy atom. The second kappa shape index (κ2) is 8.22. The minimum Gasteiger partial charge on any atom is -0.381 e. The molecule has 1 saturated heterocycles. The molecule has 0 saturated carbocycles. The Bertz CT molecular complexity index is 834. The van der Waals surface area contributed by atoms with Crippen LogP contribution in [0, 0.1) is 5.92 Å². The first-order valence-electron chi connectivity index (χ1n) is 9.64. The average Bonchev–Trinajstić information content (AvgIpc) is 2.72. The van der Waals surface area contributed by atoms with Crippen molar-refractivity contribution >= 4 is 17.5 Å². The normalized spacial score (nSPS) is 18.5. The summed E-state index contributed by atoms with van der Waals surface area (Å²) in [6.07, 6.45) is 3.79. The van der Waals surface area contributed by atoms with Crippen LogP contribution in [-0.4, -0.2) is 47.3 Å². The lowest BCUT2D eigenvalue weighted by atomic mass is 9.96. The summed E-state index contributed by atoms with van der Waals surface area (Å²) in [6, 6.07) is 7.25. The molecule has 3 heterocycles. The van der Waals surface area contributed by atoms with Crippen molar-refractivity contribution in [3.63, 3.8) is 0 Å². The van der Waals surface area contributed by atoms with Gasteiger partial charge in [0, 0.05) is 25.3 Å². The van der Waals surface area contributed by atoms with Crippen molar-refractivity contribution < 1.29 is 14.6 Å². The number of amides is 1. The number of aliphatic hydroxyl groups excluding tert-OH is 1. The Morgan fingerprint density at radius 1 is 1.29 bits per heavy atom. The summed E-state index contributed by atoms with van der Waals surface area (Å²) < 4.78 is 5.43. The molecule has 1 aromatic heterocycles. The predicted octanol–water partition coefficient (Wildman–Crippen LogP) is 1.67. The van der Waals surface area contributed by atoms with E-state index in [1.54, 1.807) is 18.3 Å². The molecule has 8 nitrogen and oxygen atoms in total. The fourth-order valence-electron chi connectivity index (χ4n) is 3.66. The Hall–Kier alpha value is -2.55. The number of hydrogen-bond acceptors (Lipinski definition) is 7. The Morgan fingerprint density at radius 3 is 2.75 bits per heavy atom. The number of anilines is 2. The van der Waals surface area contributed by atoms with E-state index in [-0.39, 0.29) is 12.5 Å². The largest absolute Gasteiger partial charge is 0.381 e. The van der Waals surface area contributed by atoms with Crippen molar-refractivity contribution in [2.75, 3.05) is 36.5 Å². The van der Waals surface area contributed by atoms with E-state index in [1.807, 2.05) is 17.0 Å². The van der Waals surface area contributed by atoms with Crippen molar-refractivity contribution in [3.8, 4) is 11.3 Å². The van der Waals surface area contributed by atoms with Gasteiger partial charge in [-0.3, -0.25) is 4.79 Å². The molecule has 2 aliphatic heterocycles. The van der Waals surface area contributed by atoms with Crippen LogP contribution in [0.5, 0.6) is 0 Å². The van der Waals surface area contributed by atoms with Gasteiger partial charge in [0.25, 0.3) is 0 Å². The monoisotopic (exact) mass is 383 g/mol. The van der Waals surface area contributed by atoms with Crippen LogP contribution >= 0.6 is 0 Å². The zero-order chi connectivity index (χ0) is 19.5. The van der Waals surface area contributed by atoms with E-state index in [2.05, 4.69) is 10.3 Å². The number of hydrogen-bond donors (Lipinski definition) is 3. The first-order valence-corrected chi connectivity index (χ1v) is 9.64. The van der Waals surface area contributed by atoms with Crippen LogP contribution in [0.4, 0.5) is 11.6 Å². The molecule has 2 aliphatic rings. The van der Waals surface area contributed by atoms with Gasteiger partial charge >= 0.3 is 0 Å². The molecule has 1 aromatic carbocycles. The van der Waals surface area contributed by atoms with Crippen LogP contribution in [-0.2, 0) is 9.53 Å². The molecular weight excluding hydrogens is 358 g/mol. The minimum absolute atomic E-state index is 0.0668. The van der Waals surface area contributed by atoms with Crippen LogP contribution in [0.3, 0.4) is 0 Å².